The molecular formula is C30H39NO5. The lowest BCUT2D eigenvalue weighted by molar-refractivity contribution is -0.147. The molecule has 0 atom stereocenters. The molecule has 0 amide bonds. The second-order valence-corrected chi connectivity index (χ2v) is 9.59. The predicted molar refractivity (Wildman–Crippen MR) is 143 cm³/mol. The molecule has 2 aromatic heterocycles. The zero-order valence-corrected chi connectivity index (χ0v) is 21.7. The lowest BCUT2D eigenvalue weighted by Gasteiger charge is -2.08. The summed E-state index contributed by atoms with van der Waals surface area (Å²) < 4.78 is 16.5. The first-order chi connectivity index (χ1) is 17.5. The van der Waals surface area contributed by atoms with Gasteiger partial charge in [0.25, 0.3) is 0 Å². The van der Waals surface area contributed by atoms with Crippen molar-refractivity contribution in [2.75, 3.05) is 13.2 Å². The summed E-state index contributed by atoms with van der Waals surface area (Å²) in [7, 11) is 0. The largest absolute Gasteiger partial charge is 0.494 e. The minimum Gasteiger partial charge on any atom is -0.494 e. The van der Waals surface area contributed by atoms with E-state index in [-0.39, 0.29) is 17.5 Å². The number of hydrogen-bond donors (Lipinski definition) is 0. The highest BCUT2D eigenvalue weighted by molar-refractivity contribution is 5.80. The molecule has 0 fully saturated rings. The summed E-state index contributed by atoms with van der Waals surface area (Å²) in [5.41, 5.74) is 1.47. The number of benzene rings is 1. The molecule has 3 aromatic rings. The van der Waals surface area contributed by atoms with Crippen LogP contribution in [-0.4, -0.2) is 24.2 Å². The van der Waals surface area contributed by atoms with E-state index in [0.29, 0.717) is 24.4 Å². The Morgan fingerprint density at radius 2 is 1.47 bits per heavy atom. The smallest absolute Gasteiger partial charge is 0.344 e. The first kappa shape index (κ1) is 27.4. The second kappa shape index (κ2) is 15.1. The molecule has 0 saturated carbocycles. The molecule has 6 nitrogen and oxygen atoms in total. The highest BCUT2D eigenvalue weighted by Gasteiger charge is 2.09. The maximum absolute atomic E-state index is 12.3. The highest BCUT2D eigenvalue weighted by Crippen LogP contribution is 2.23. The van der Waals surface area contributed by atoms with Gasteiger partial charge in [-0.25, -0.2) is 4.79 Å². The quantitative estimate of drug-likeness (QED) is 0.153. The zero-order valence-electron chi connectivity index (χ0n) is 21.7. The number of rotatable bonds is 16. The van der Waals surface area contributed by atoms with E-state index in [4.69, 9.17) is 13.9 Å². The Hall–Kier alpha value is -3.15. The number of hydrogen-bond acceptors (Lipinski definition) is 6. The molecule has 2 heterocycles. The van der Waals surface area contributed by atoms with Gasteiger partial charge in [-0.15, -0.1) is 0 Å². The molecule has 36 heavy (non-hydrogen) atoms. The van der Waals surface area contributed by atoms with Crippen molar-refractivity contribution in [3.05, 3.63) is 59.2 Å². The van der Waals surface area contributed by atoms with Crippen molar-refractivity contribution in [1.29, 1.82) is 0 Å². The van der Waals surface area contributed by atoms with Gasteiger partial charge in [-0.05, 0) is 42.7 Å². The van der Waals surface area contributed by atoms with Crippen LogP contribution in [0, 0.1) is 5.92 Å². The van der Waals surface area contributed by atoms with Crippen molar-refractivity contribution in [3.8, 4) is 16.9 Å². The maximum atomic E-state index is 12.3. The van der Waals surface area contributed by atoms with Gasteiger partial charge in [-0.2, -0.15) is 0 Å². The number of fused-ring (bicyclic) bond motifs is 1. The Morgan fingerprint density at radius 3 is 2.11 bits per heavy atom. The Kier molecular flexibility index (Phi) is 11.5. The fourth-order valence-corrected chi connectivity index (χ4v) is 4.04. The van der Waals surface area contributed by atoms with Gasteiger partial charge in [0, 0.05) is 11.6 Å². The van der Waals surface area contributed by atoms with E-state index < -0.39 is 0 Å². The number of carbonyl (C=O) groups excluding carboxylic acids is 1. The third-order valence-corrected chi connectivity index (χ3v) is 6.23. The van der Waals surface area contributed by atoms with E-state index in [1.54, 1.807) is 12.4 Å². The van der Waals surface area contributed by atoms with Crippen molar-refractivity contribution in [2.24, 2.45) is 5.92 Å². The molecule has 0 saturated heterocycles. The minimum atomic E-state index is -0.367. The van der Waals surface area contributed by atoms with Crippen molar-refractivity contribution in [1.82, 2.24) is 4.98 Å². The zero-order chi connectivity index (χ0) is 25.6. The summed E-state index contributed by atoms with van der Waals surface area (Å²) >= 11 is 0. The van der Waals surface area contributed by atoms with Crippen molar-refractivity contribution < 1.29 is 18.7 Å². The van der Waals surface area contributed by atoms with E-state index in [2.05, 4.69) is 4.98 Å². The van der Waals surface area contributed by atoms with Gasteiger partial charge in [0.1, 0.15) is 5.75 Å². The van der Waals surface area contributed by atoms with Gasteiger partial charge in [-0.1, -0.05) is 77.3 Å². The molecule has 194 valence electrons. The molecule has 3 rings (SSSR count). The Balaban J connectivity index is 1.21. The van der Waals surface area contributed by atoms with Crippen LogP contribution >= 0.6 is 0 Å². The van der Waals surface area contributed by atoms with E-state index in [9.17, 15) is 9.59 Å². The number of carbonyl (C=O) groups is 1. The summed E-state index contributed by atoms with van der Waals surface area (Å²) in [4.78, 5) is 27.7. The van der Waals surface area contributed by atoms with Gasteiger partial charge < -0.3 is 13.9 Å². The monoisotopic (exact) mass is 493 g/mol. The topological polar surface area (TPSA) is 78.6 Å². The van der Waals surface area contributed by atoms with E-state index in [1.165, 1.54) is 44.9 Å². The van der Waals surface area contributed by atoms with Gasteiger partial charge >= 0.3 is 11.6 Å². The van der Waals surface area contributed by atoms with Crippen LogP contribution in [0.3, 0.4) is 0 Å². The summed E-state index contributed by atoms with van der Waals surface area (Å²) in [5.74, 6) is 0.686. The van der Waals surface area contributed by atoms with E-state index in [0.717, 1.165) is 36.0 Å². The van der Waals surface area contributed by atoms with E-state index >= 15 is 0 Å². The summed E-state index contributed by atoms with van der Waals surface area (Å²) in [6, 6.07) is 11.3. The maximum Gasteiger partial charge on any atom is 0.344 e. The number of nitrogens with zero attached hydrogens (tertiary/aromatic N) is 1. The van der Waals surface area contributed by atoms with Crippen LogP contribution in [0.15, 0.2) is 58.0 Å². The predicted octanol–water partition coefficient (Wildman–Crippen LogP) is 7.33. The molecule has 0 radical (unpaired) electrons. The molecule has 1 aromatic carbocycles. The van der Waals surface area contributed by atoms with Crippen LogP contribution in [-0.2, 0) is 9.53 Å². The van der Waals surface area contributed by atoms with Gasteiger partial charge in [0.05, 0.1) is 30.9 Å². The molecule has 0 aliphatic heterocycles. The van der Waals surface area contributed by atoms with E-state index in [1.807, 2.05) is 50.2 Å². The van der Waals surface area contributed by atoms with Crippen LogP contribution in [0.4, 0.5) is 0 Å². The molecule has 0 aliphatic rings. The molecule has 0 N–H and O–H groups in total. The summed E-state index contributed by atoms with van der Waals surface area (Å²) in [5, 5.41) is 0.848. The SMILES string of the molecule is CC(C)C(=O)OCCCCCCCCCCCCOc1ccc(-c2cc3ccncc3oc2=O)cc1. The Bertz CT molecular complexity index is 1120. The fourth-order valence-electron chi connectivity index (χ4n) is 4.04. The summed E-state index contributed by atoms with van der Waals surface area (Å²) in [6.07, 6.45) is 15.1. The first-order valence-electron chi connectivity index (χ1n) is 13.3. The highest BCUT2D eigenvalue weighted by atomic mass is 16.5. The average Bonchev–Trinajstić information content (AvgIpc) is 2.88. The molecule has 0 aliphatic carbocycles. The molecule has 0 bridgehead atoms. The second-order valence-electron chi connectivity index (χ2n) is 9.59. The number of ether oxygens (including phenoxy) is 2. The normalized spacial score (nSPS) is 11.2. The number of aromatic nitrogens is 1. The lowest BCUT2D eigenvalue weighted by Crippen LogP contribution is -2.12. The lowest BCUT2D eigenvalue weighted by atomic mass is 10.1. The van der Waals surface area contributed by atoms with Crippen LogP contribution in [0.5, 0.6) is 5.75 Å². The van der Waals surface area contributed by atoms with Gasteiger partial charge in [-0.3, -0.25) is 9.78 Å². The Labute approximate surface area is 214 Å². The number of unbranched alkanes of at least 4 members (excludes halogenated alkanes) is 9. The van der Waals surface area contributed by atoms with Crippen LogP contribution in [0.2, 0.25) is 0 Å². The summed E-state index contributed by atoms with van der Waals surface area (Å²) in [6.45, 7) is 4.99. The van der Waals surface area contributed by atoms with Crippen LogP contribution in [0.25, 0.3) is 22.1 Å². The minimum absolute atomic E-state index is 0.0331. The molecule has 0 unspecified atom stereocenters. The Morgan fingerprint density at radius 1 is 0.861 bits per heavy atom. The molecule has 6 heteroatoms. The van der Waals surface area contributed by atoms with Crippen LogP contribution in [0.1, 0.15) is 78.1 Å². The third kappa shape index (κ3) is 9.14. The molecule has 0 spiro atoms. The standard InChI is InChI=1S/C30H39NO5/c1-23(2)29(32)35-20-12-10-8-6-4-3-5-7-9-11-19-34-26-15-13-24(14-16-26)27-21-25-17-18-31-22-28(25)36-30(27)33/h13-18,21-23H,3-12,19-20H2,1-2H3. The number of esters is 1. The van der Waals surface area contributed by atoms with Crippen molar-refractivity contribution in [3.63, 3.8) is 0 Å². The third-order valence-electron chi connectivity index (χ3n) is 6.23. The van der Waals surface area contributed by atoms with Gasteiger partial charge in [0.2, 0.25) is 0 Å². The van der Waals surface area contributed by atoms with Crippen LogP contribution < -0.4 is 10.4 Å². The average molecular weight is 494 g/mol. The molecular weight excluding hydrogens is 454 g/mol. The number of pyridine rings is 1. The van der Waals surface area contributed by atoms with Gasteiger partial charge in [0.15, 0.2) is 5.58 Å². The fraction of sp³-hybridized carbons (Fsp3) is 0.500. The first-order valence-corrected chi connectivity index (χ1v) is 13.3. The van der Waals surface area contributed by atoms with Crippen molar-refractivity contribution in [2.45, 2.75) is 78.1 Å². The van der Waals surface area contributed by atoms with Crippen molar-refractivity contribution >= 4 is 16.9 Å².